The number of alkyl halides is 12. The lowest BCUT2D eigenvalue weighted by Gasteiger charge is -2.32. The summed E-state index contributed by atoms with van der Waals surface area (Å²) in [6, 6.07) is 0.866. The third-order valence-electron chi connectivity index (χ3n) is 5.45. The van der Waals surface area contributed by atoms with Crippen molar-refractivity contribution in [2.75, 3.05) is 11.9 Å². The number of amides is 1. The van der Waals surface area contributed by atoms with Gasteiger partial charge in [-0.2, -0.15) is 52.7 Å². The standard InChI is InChI=1S/C23H20F12N2O2/c1-2-3-18(38)36-10-12-4-5-16(9-17(12)22(30,31)32)37-11-19(39,23(33,34)35)13-6-14(20(24,25)26)8-15(7-13)21(27,28)29/h4-9,37,39H,2-3,10-11H2,1H3,(H,36,38)/t19-/m0/s1. The predicted molar refractivity (Wildman–Crippen MR) is 113 cm³/mol. The molecule has 16 heteroatoms. The van der Waals surface area contributed by atoms with Crippen LogP contribution in [0.5, 0.6) is 0 Å². The van der Waals surface area contributed by atoms with Crippen LogP contribution in [-0.2, 0) is 35.5 Å². The quantitative estimate of drug-likeness (QED) is 0.293. The van der Waals surface area contributed by atoms with E-state index in [2.05, 4.69) is 5.32 Å². The van der Waals surface area contributed by atoms with Crippen molar-refractivity contribution in [3.63, 3.8) is 0 Å². The maximum absolute atomic E-state index is 13.8. The minimum absolute atomic E-state index is 0.0165. The molecule has 1 amide bonds. The Morgan fingerprint density at radius 1 is 0.769 bits per heavy atom. The van der Waals surface area contributed by atoms with Gasteiger partial charge >= 0.3 is 24.7 Å². The maximum atomic E-state index is 13.8. The summed E-state index contributed by atoms with van der Waals surface area (Å²) in [4.78, 5) is 11.6. The molecular formula is C23H20F12N2O2. The first-order chi connectivity index (χ1) is 17.6. The van der Waals surface area contributed by atoms with Crippen molar-refractivity contribution in [1.82, 2.24) is 5.32 Å². The van der Waals surface area contributed by atoms with E-state index in [1.54, 1.807) is 6.92 Å². The molecule has 2 rings (SSSR count). The lowest BCUT2D eigenvalue weighted by Crippen LogP contribution is -2.48. The fourth-order valence-corrected chi connectivity index (χ4v) is 3.40. The molecule has 0 bridgehead atoms. The van der Waals surface area contributed by atoms with Crippen molar-refractivity contribution in [1.29, 1.82) is 0 Å². The lowest BCUT2D eigenvalue weighted by atomic mass is 9.89. The first kappa shape index (κ1) is 32.0. The molecule has 0 spiro atoms. The number of rotatable bonds is 8. The van der Waals surface area contributed by atoms with Crippen LogP contribution in [0, 0.1) is 0 Å². The molecule has 0 heterocycles. The molecule has 0 radical (unpaired) electrons. The van der Waals surface area contributed by atoms with Gasteiger partial charge in [0.2, 0.25) is 11.5 Å². The minimum atomic E-state index is -5.87. The Labute approximate surface area is 213 Å². The molecule has 0 aliphatic carbocycles. The second kappa shape index (κ2) is 11.1. The lowest BCUT2D eigenvalue weighted by molar-refractivity contribution is -0.261. The van der Waals surface area contributed by atoms with Gasteiger partial charge in [-0.25, -0.2) is 0 Å². The van der Waals surface area contributed by atoms with Gasteiger partial charge in [-0.15, -0.1) is 0 Å². The first-order valence-electron chi connectivity index (χ1n) is 10.9. The Morgan fingerprint density at radius 2 is 1.28 bits per heavy atom. The summed E-state index contributed by atoms with van der Waals surface area (Å²) in [5.74, 6) is -0.567. The van der Waals surface area contributed by atoms with Gasteiger partial charge < -0.3 is 15.7 Å². The van der Waals surface area contributed by atoms with Gasteiger partial charge in [-0.05, 0) is 47.9 Å². The minimum Gasteiger partial charge on any atom is -0.381 e. The van der Waals surface area contributed by atoms with Gasteiger partial charge in [0.25, 0.3) is 0 Å². The van der Waals surface area contributed by atoms with Crippen LogP contribution in [0.25, 0.3) is 0 Å². The zero-order chi connectivity index (χ0) is 30.0. The summed E-state index contributed by atoms with van der Waals surface area (Å²) in [6.45, 7) is -0.795. The highest BCUT2D eigenvalue weighted by molar-refractivity contribution is 5.75. The number of benzene rings is 2. The molecular weight excluding hydrogens is 564 g/mol. The Morgan fingerprint density at radius 3 is 1.72 bits per heavy atom. The molecule has 0 unspecified atom stereocenters. The molecule has 3 N–H and O–H groups in total. The average molecular weight is 584 g/mol. The molecule has 1 atom stereocenters. The van der Waals surface area contributed by atoms with Gasteiger partial charge in [0.1, 0.15) is 0 Å². The van der Waals surface area contributed by atoms with Crippen LogP contribution >= 0.6 is 0 Å². The fraction of sp³-hybridized carbons (Fsp3) is 0.435. The van der Waals surface area contributed by atoms with Crippen LogP contribution in [0.3, 0.4) is 0 Å². The van der Waals surface area contributed by atoms with Crippen LogP contribution in [-0.4, -0.2) is 23.7 Å². The normalized spacial score (nSPS) is 14.6. The average Bonchev–Trinajstić information content (AvgIpc) is 2.78. The van der Waals surface area contributed by atoms with Gasteiger partial charge in [0.05, 0.1) is 23.2 Å². The van der Waals surface area contributed by atoms with E-state index < -0.39 is 88.9 Å². The van der Waals surface area contributed by atoms with Crippen LogP contribution in [0.2, 0.25) is 0 Å². The fourth-order valence-electron chi connectivity index (χ4n) is 3.40. The molecule has 2 aromatic rings. The van der Waals surface area contributed by atoms with Crippen LogP contribution < -0.4 is 10.6 Å². The van der Waals surface area contributed by atoms with E-state index in [4.69, 9.17) is 0 Å². The SMILES string of the molecule is CCCC(=O)NCc1ccc(NC[C@](O)(c2cc(C(F)(F)F)cc(C(F)(F)F)c2)C(F)(F)F)cc1C(F)(F)F. The maximum Gasteiger partial charge on any atom is 0.423 e. The van der Waals surface area contributed by atoms with Gasteiger partial charge in [0.15, 0.2) is 0 Å². The molecule has 0 saturated heterocycles. The zero-order valence-electron chi connectivity index (χ0n) is 19.7. The highest BCUT2D eigenvalue weighted by atomic mass is 19.4. The summed E-state index contributed by atoms with van der Waals surface area (Å²) in [5.41, 5.74) is -13.1. The number of carbonyl (C=O) groups excluding carboxylic acids is 1. The van der Waals surface area contributed by atoms with Gasteiger partial charge in [-0.3, -0.25) is 4.79 Å². The van der Waals surface area contributed by atoms with Gasteiger partial charge in [0, 0.05) is 18.7 Å². The number of nitrogens with one attached hydrogen (secondary N) is 2. The summed E-state index contributed by atoms with van der Waals surface area (Å²) in [7, 11) is 0. The van der Waals surface area contributed by atoms with E-state index in [-0.39, 0.29) is 18.6 Å². The number of anilines is 1. The van der Waals surface area contributed by atoms with Crippen molar-refractivity contribution in [3.05, 3.63) is 64.2 Å². The molecule has 0 aromatic heterocycles. The molecule has 0 aliphatic heterocycles. The Kier molecular flexibility index (Phi) is 9.15. The third-order valence-corrected chi connectivity index (χ3v) is 5.45. The first-order valence-corrected chi connectivity index (χ1v) is 10.9. The van der Waals surface area contributed by atoms with E-state index >= 15 is 0 Å². The van der Waals surface area contributed by atoms with Crippen LogP contribution in [0.4, 0.5) is 58.4 Å². The highest BCUT2D eigenvalue weighted by Gasteiger charge is 2.56. The smallest absolute Gasteiger partial charge is 0.381 e. The largest absolute Gasteiger partial charge is 0.423 e. The zero-order valence-corrected chi connectivity index (χ0v) is 19.7. The molecule has 0 aliphatic rings. The number of halogens is 12. The molecule has 2 aromatic carbocycles. The Bertz CT molecular complexity index is 1140. The highest BCUT2D eigenvalue weighted by Crippen LogP contribution is 2.44. The van der Waals surface area contributed by atoms with E-state index in [0.717, 1.165) is 12.1 Å². The number of aliphatic hydroxyl groups is 1. The van der Waals surface area contributed by atoms with Crippen molar-refractivity contribution in [3.8, 4) is 0 Å². The molecule has 0 saturated carbocycles. The third kappa shape index (κ3) is 7.92. The second-order valence-electron chi connectivity index (χ2n) is 8.40. The molecule has 4 nitrogen and oxygen atoms in total. The monoisotopic (exact) mass is 584 g/mol. The Balaban J connectivity index is 2.51. The summed E-state index contributed by atoms with van der Waals surface area (Å²) < 4.78 is 161. The van der Waals surface area contributed by atoms with Crippen molar-refractivity contribution >= 4 is 11.6 Å². The van der Waals surface area contributed by atoms with E-state index in [1.165, 1.54) is 0 Å². The summed E-state index contributed by atoms with van der Waals surface area (Å²) in [6.07, 6.45) is -21.6. The van der Waals surface area contributed by atoms with E-state index in [9.17, 15) is 62.6 Å². The number of hydrogen-bond acceptors (Lipinski definition) is 3. The molecule has 0 fully saturated rings. The van der Waals surface area contributed by atoms with Crippen molar-refractivity contribution in [2.24, 2.45) is 0 Å². The predicted octanol–water partition coefficient (Wildman–Crippen LogP) is 7.02. The number of carbonyl (C=O) groups is 1. The van der Waals surface area contributed by atoms with Gasteiger partial charge in [-0.1, -0.05) is 13.0 Å². The second-order valence-corrected chi connectivity index (χ2v) is 8.40. The van der Waals surface area contributed by atoms with E-state index in [0.29, 0.717) is 12.5 Å². The summed E-state index contributed by atoms with van der Waals surface area (Å²) in [5, 5.41) is 14.4. The Hall–Kier alpha value is -3.17. The van der Waals surface area contributed by atoms with Crippen molar-refractivity contribution in [2.45, 2.75) is 56.6 Å². The number of hydrogen-bond donors (Lipinski definition) is 3. The topological polar surface area (TPSA) is 61.4 Å². The van der Waals surface area contributed by atoms with Crippen LogP contribution in [0.1, 0.15) is 47.6 Å². The van der Waals surface area contributed by atoms with Crippen LogP contribution in [0.15, 0.2) is 36.4 Å². The van der Waals surface area contributed by atoms with Crippen molar-refractivity contribution < 1.29 is 62.6 Å². The summed E-state index contributed by atoms with van der Waals surface area (Å²) >= 11 is 0. The molecule has 39 heavy (non-hydrogen) atoms. The molecule has 218 valence electrons. The van der Waals surface area contributed by atoms with E-state index in [1.807, 2.05) is 5.32 Å².